The van der Waals surface area contributed by atoms with Crippen LogP contribution in [-0.4, -0.2) is 32.2 Å². The molecule has 2 heterocycles. The number of fused-ring (bicyclic) bond motifs is 1. The molecule has 3 aromatic rings. The van der Waals surface area contributed by atoms with E-state index >= 15 is 0 Å². The van der Waals surface area contributed by atoms with Gasteiger partial charge in [0.2, 0.25) is 6.20 Å². The molecule has 0 bridgehead atoms. The smallest absolute Gasteiger partial charge is 0.422 e. The van der Waals surface area contributed by atoms with E-state index in [-0.39, 0.29) is 27.9 Å². The number of para-hydroxylation sites is 2. The molecule has 10 heteroatoms. The van der Waals surface area contributed by atoms with Crippen LogP contribution >= 0.6 is 0 Å². The molecule has 0 radical (unpaired) electrons. The van der Waals surface area contributed by atoms with Crippen LogP contribution in [0.4, 0.5) is 13.2 Å². The van der Waals surface area contributed by atoms with E-state index in [1.165, 1.54) is 13.0 Å². The topological polar surface area (TPSA) is 79.1 Å². The lowest BCUT2D eigenvalue weighted by Gasteiger charge is -2.11. The molecule has 26 heavy (non-hydrogen) atoms. The summed E-state index contributed by atoms with van der Waals surface area (Å²) >= 11 is 0. The Hall–Kier alpha value is -2.62. The van der Waals surface area contributed by atoms with Gasteiger partial charge in [0.1, 0.15) is 11.5 Å². The summed E-state index contributed by atoms with van der Waals surface area (Å²) in [5, 5.41) is 10.2. The van der Waals surface area contributed by atoms with Gasteiger partial charge in [-0.1, -0.05) is 12.1 Å². The second-order valence-corrected chi connectivity index (χ2v) is 6.92. The molecule has 0 aliphatic rings. The van der Waals surface area contributed by atoms with Crippen molar-refractivity contribution in [1.82, 2.24) is 9.97 Å². The van der Waals surface area contributed by atoms with Crippen molar-refractivity contribution in [3.8, 4) is 5.75 Å². The number of aromatic amines is 1. The van der Waals surface area contributed by atoms with Gasteiger partial charge >= 0.3 is 6.18 Å². The van der Waals surface area contributed by atoms with Gasteiger partial charge in [-0.15, -0.1) is 0 Å². The van der Waals surface area contributed by atoms with Gasteiger partial charge in [0.25, 0.3) is 5.69 Å². The van der Waals surface area contributed by atoms with Gasteiger partial charge in [-0.2, -0.15) is 13.2 Å². The molecule has 0 fully saturated rings. The van der Waals surface area contributed by atoms with Crippen LogP contribution in [0.2, 0.25) is 0 Å². The third-order valence-electron chi connectivity index (χ3n) is 3.69. The van der Waals surface area contributed by atoms with Crippen molar-refractivity contribution in [3.63, 3.8) is 0 Å². The van der Waals surface area contributed by atoms with Crippen molar-refractivity contribution in [2.75, 3.05) is 6.61 Å². The Bertz CT molecular complexity index is 939. The highest BCUT2D eigenvalue weighted by atomic mass is 32.2. The lowest BCUT2D eigenvalue weighted by Crippen LogP contribution is -2.36. The Morgan fingerprint density at radius 1 is 1.31 bits per heavy atom. The zero-order valence-electron chi connectivity index (χ0n) is 13.6. The number of benzene rings is 1. The van der Waals surface area contributed by atoms with Gasteiger partial charge in [-0.25, -0.2) is 4.98 Å². The number of hydrogen-bond donors (Lipinski definition) is 2. The van der Waals surface area contributed by atoms with E-state index in [2.05, 4.69) is 9.97 Å². The van der Waals surface area contributed by atoms with Crippen molar-refractivity contribution < 1.29 is 32.1 Å². The van der Waals surface area contributed by atoms with Gasteiger partial charge in [0, 0.05) is 10.8 Å². The lowest BCUT2D eigenvalue weighted by atomic mass is 10.2. The number of imidazole rings is 1. The fourth-order valence-corrected chi connectivity index (χ4v) is 3.55. The fraction of sp³-hybridized carbons (Fsp3) is 0.250. The molecule has 2 aromatic heterocycles. The van der Waals surface area contributed by atoms with Crippen molar-refractivity contribution in [1.29, 1.82) is 0 Å². The van der Waals surface area contributed by atoms with Gasteiger partial charge in [0.15, 0.2) is 11.8 Å². The maximum Gasteiger partial charge on any atom is 0.422 e. The SMILES string of the molecule is Cc1c(OCC(F)(F)F)cc[n+](O)c1CS(=O)c1nc2ccccc2[nH]1. The van der Waals surface area contributed by atoms with E-state index < -0.39 is 23.6 Å². The molecule has 0 amide bonds. The Kier molecular flexibility index (Phi) is 4.86. The lowest BCUT2D eigenvalue weighted by molar-refractivity contribution is -0.909. The van der Waals surface area contributed by atoms with Crippen LogP contribution in [0.15, 0.2) is 41.7 Å². The number of hydrogen-bond acceptors (Lipinski definition) is 4. The second-order valence-electron chi connectivity index (χ2n) is 5.55. The number of halogens is 3. The quantitative estimate of drug-likeness (QED) is 0.522. The standard InChI is InChI=1S/C16H15F3N3O3S/c1-10-13(22(23)7-6-14(10)25-9-16(17,18)19)8-26(24)15-20-11-4-2-3-5-12(11)21-15/h2-7,23H,8-9H2,1H3,(H,20,21)/q+1. The van der Waals surface area contributed by atoms with Crippen molar-refractivity contribution >= 4 is 21.8 Å². The van der Waals surface area contributed by atoms with Gasteiger partial charge < -0.3 is 9.72 Å². The summed E-state index contributed by atoms with van der Waals surface area (Å²) in [6.45, 7) is 0.0407. The average molecular weight is 386 g/mol. The zero-order valence-corrected chi connectivity index (χ0v) is 14.4. The number of nitrogens with zero attached hydrogens (tertiary/aromatic N) is 2. The first-order chi connectivity index (χ1) is 12.2. The highest BCUT2D eigenvalue weighted by Crippen LogP contribution is 2.24. The van der Waals surface area contributed by atoms with Crippen LogP contribution in [0.3, 0.4) is 0 Å². The normalized spacial score (nSPS) is 13.1. The molecule has 0 saturated heterocycles. The number of H-pyrrole nitrogens is 1. The first-order valence-electron chi connectivity index (χ1n) is 7.50. The van der Waals surface area contributed by atoms with Crippen LogP contribution in [0.25, 0.3) is 11.0 Å². The molecule has 1 atom stereocenters. The van der Waals surface area contributed by atoms with Crippen molar-refractivity contribution in [2.24, 2.45) is 0 Å². The summed E-state index contributed by atoms with van der Waals surface area (Å²) < 4.78 is 55.1. The molecule has 1 aromatic carbocycles. The van der Waals surface area contributed by atoms with E-state index in [9.17, 15) is 22.6 Å². The van der Waals surface area contributed by atoms with Gasteiger partial charge in [0.05, 0.1) is 27.4 Å². The maximum atomic E-state index is 12.6. The number of alkyl halides is 3. The van der Waals surface area contributed by atoms with E-state index in [1.54, 1.807) is 24.3 Å². The summed E-state index contributed by atoms with van der Waals surface area (Å²) in [4.78, 5) is 7.16. The molecule has 2 N–H and O–H groups in total. The minimum atomic E-state index is -4.48. The minimum absolute atomic E-state index is 0.0377. The summed E-state index contributed by atoms with van der Waals surface area (Å²) in [6.07, 6.45) is -3.33. The predicted molar refractivity (Wildman–Crippen MR) is 86.3 cm³/mol. The highest BCUT2D eigenvalue weighted by Gasteiger charge is 2.30. The second kappa shape index (κ2) is 6.94. The Morgan fingerprint density at radius 3 is 2.73 bits per heavy atom. The van der Waals surface area contributed by atoms with Crippen molar-refractivity contribution in [3.05, 3.63) is 47.8 Å². The number of nitrogens with one attached hydrogen (secondary N) is 1. The molecular weight excluding hydrogens is 371 g/mol. The first kappa shape index (κ1) is 18.2. The molecule has 0 aliphatic carbocycles. The summed E-state index contributed by atoms with van der Waals surface area (Å²) in [5.74, 6) is -0.185. The minimum Gasteiger partial charge on any atom is -0.483 e. The molecular formula is C16H15F3N3O3S+. The third-order valence-corrected chi connectivity index (χ3v) is 4.85. The predicted octanol–water partition coefficient (Wildman–Crippen LogP) is 2.65. The summed E-state index contributed by atoms with van der Waals surface area (Å²) in [5.41, 5.74) is 1.80. The average Bonchev–Trinajstić information content (AvgIpc) is 3.01. The van der Waals surface area contributed by atoms with Gasteiger partial charge in [-0.3, -0.25) is 9.42 Å². The van der Waals surface area contributed by atoms with Crippen LogP contribution in [0.5, 0.6) is 5.75 Å². The van der Waals surface area contributed by atoms with E-state index in [0.717, 1.165) is 10.9 Å². The monoisotopic (exact) mass is 386 g/mol. The highest BCUT2D eigenvalue weighted by molar-refractivity contribution is 7.84. The third kappa shape index (κ3) is 3.96. The maximum absolute atomic E-state index is 12.6. The molecule has 0 spiro atoms. The van der Waals surface area contributed by atoms with Crippen LogP contribution in [0.1, 0.15) is 11.3 Å². The number of rotatable bonds is 5. The first-order valence-corrected chi connectivity index (χ1v) is 8.82. The number of ether oxygens (including phenoxy) is 1. The molecule has 138 valence electrons. The number of pyridine rings is 1. The molecule has 0 saturated carbocycles. The molecule has 1 unspecified atom stereocenters. The largest absolute Gasteiger partial charge is 0.483 e. The summed E-state index contributed by atoms with van der Waals surface area (Å²) in [7, 11) is -1.64. The van der Waals surface area contributed by atoms with E-state index in [0.29, 0.717) is 11.0 Å². The Balaban J connectivity index is 1.85. The Labute approximate surface area is 148 Å². The molecule has 0 aliphatic heterocycles. The molecule has 3 rings (SSSR count). The fourth-order valence-electron chi connectivity index (χ4n) is 2.39. The van der Waals surface area contributed by atoms with Crippen LogP contribution in [0, 0.1) is 6.92 Å². The molecule has 6 nitrogen and oxygen atoms in total. The zero-order chi connectivity index (χ0) is 18.9. The summed E-state index contributed by atoms with van der Waals surface area (Å²) in [6, 6.07) is 8.36. The van der Waals surface area contributed by atoms with Crippen LogP contribution in [-0.2, 0) is 16.6 Å². The van der Waals surface area contributed by atoms with Crippen LogP contribution < -0.4 is 9.47 Å². The van der Waals surface area contributed by atoms with Gasteiger partial charge in [-0.05, 0) is 19.1 Å². The Morgan fingerprint density at radius 2 is 2.04 bits per heavy atom. The van der Waals surface area contributed by atoms with E-state index in [1.807, 2.05) is 0 Å². The van der Waals surface area contributed by atoms with E-state index in [4.69, 9.17) is 4.74 Å². The number of aromatic nitrogens is 3. The van der Waals surface area contributed by atoms with Crippen molar-refractivity contribution in [2.45, 2.75) is 24.0 Å².